The van der Waals surface area contributed by atoms with Gasteiger partial charge in [-0.3, -0.25) is 4.79 Å². The standard InChI is InChI=1S/C24H21N3O3/c1-2-17-10-6-8-14-20(17)25-22(28)16-29-21-15-9-7-13-19(21)24-27-26-23(30-24)18-11-4-3-5-12-18/h3-15H,2,16H2,1H3,(H,25,28). The smallest absolute Gasteiger partial charge is 0.262 e. The van der Waals surface area contributed by atoms with Crippen molar-refractivity contribution in [1.82, 2.24) is 10.2 Å². The Bertz CT molecular complexity index is 1140. The van der Waals surface area contributed by atoms with E-state index in [0.29, 0.717) is 23.1 Å². The molecule has 0 saturated heterocycles. The number of aromatic nitrogens is 2. The van der Waals surface area contributed by atoms with Gasteiger partial charge in [-0.25, -0.2) is 0 Å². The van der Waals surface area contributed by atoms with Gasteiger partial charge in [-0.1, -0.05) is 55.5 Å². The zero-order chi connectivity index (χ0) is 20.8. The fraction of sp³-hybridized carbons (Fsp3) is 0.125. The van der Waals surface area contributed by atoms with Crippen molar-refractivity contribution in [2.24, 2.45) is 0 Å². The molecule has 1 aromatic heterocycles. The molecule has 1 N–H and O–H groups in total. The van der Waals surface area contributed by atoms with E-state index in [0.717, 1.165) is 23.2 Å². The van der Waals surface area contributed by atoms with Gasteiger partial charge in [0.05, 0.1) is 5.56 Å². The molecule has 3 aromatic carbocycles. The predicted octanol–water partition coefficient (Wildman–Crippen LogP) is 4.98. The van der Waals surface area contributed by atoms with Crippen LogP contribution in [0.3, 0.4) is 0 Å². The molecule has 6 heteroatoms. The number of nitrogens with zero attached hydrogens (tertiary/aromatic N) is 2. The Kier molecular flexibility index (Phi) is 5.85. The summed E-state index contributed by atoms with van der Waals surface area (Å²) in [5.74, 6) is 1.02. The summed E-state index contributed by atoms with van der Waals surface area (Å²) in [5, 5.41) is 11.2. The molecule has 30 heavy (non-hydrogen) atoms. The van der Waals surface area contributed by atoms with Crippen molar-refractivity contribution in [2.75, 3.05) is 11.9 Å². The second kappa shape index (κ2) is 9.05. The Hall–Kier alpha value is -3.93. The lowest BCUT2D eigenvalue weighted by molar-refractivity contribution is -0.118. The first-order chi connectivity index (χ1) is 14.7. The van der Waals surface area contributed by atoms with Crippen molar-refractivity contribution in [3.63, 3.8) is 0 Å². The van der Waals surface area contributed by atoms with Crippen molar-refractivity contribution in [3.05, 3.63) is 84.4 Å². The molecule has 0 fully saturated rings. The molecule has 0 unspecified atom stereocenters. The van der Waals surface area contributed by atoms with Gasteiger partial charge >= 0.3 is 0 Å². The van der Waals surface area contributed by atoms with Gasteiger partial charge in [0.15, 0.2) is 6.61 Å². The van der Waals surface area contributed by atoms with Gasteiger partial charge in [-0.15, -0.1) is 10.2 Å². The minimum atomic E-state index is -0.235. The van der Waals surface area contributed by atoms with Gasteiger partial charge in [0.1, 0.15) is 5.75 Å². The second-order valence-corrected chi connectivity index (χ2v) is 6.62. The number of para-hydroxylation sites is 2. The number of carbonyl (C=O) groups is 1. The lowest BCUT2D eigenvalue weighted by atomic mass is 10.1. The molecule has 0 aliphatic heterocycles. The molecule has 0 aliphatic rings. The molecule has 1 heterocycles. The predicted molar refractivity (Wildman–Crippen MR) is 115 cm³/mol. The molecule has 150 valence electrons. The van der Waals surface area contributed by atoms with E-state index in [-0.39, 0.29) is 12.5 Å². The zero-order valence-corrected chi connectivity index (χ0v) is 16.5. The average molecular weight is 399 g/mol. The molecule has 4 rings (SSSR count). The quantitative estimate of drug-likeness (QED) is 0.474. The van der Waals surface area contributed by atoms with Crippen LogP contribution in [-0.4, -0.2) is 22.7 Å². The van der Waals surface area contributed by atoms with E-state index in [1.807, 2.05) is 79.7 Å². The van der Waals surface area contributed by atoms with Crippen LogP contribution >= 0.6 is 0 Å². The third-order valence-electron chi connectivity index (χ3n) is 4.59. The topological polar surface area (TPSA) is 77.2 Å². The van der Waals surface area contributed by atoms with Gasteiger partial charge < -0.3 is 14.5 Å². The number of anilines is 1. The van der Waals surface area contributed by atoms with E-state index in [1.54, 1.807) is 6.07 Å². The highest BCUT2D eigenvalue weighted by atomic mass is 16.5. The van der Waals surface area contributed by atoms with Gasteiger partial charge in [0.2, 0.25) is 5.89 Å². The van der Waals surface area contributed by atoms with E-state index in [1.165, 1.54) is 0 Å². The number of benzene rings is 3. The number of nitrogens with one attached hydrogen (secondary N) is 1. The summed E-state index contributed by atoms with van der Waals surface area (Å²) < 4.78 is 11.6. The third-order valence-corrected chi connectivity index (χ3v) is 4.59. The van der Waals surface area contributed by atoms with E-state index in [2.05, 4.69) is 15.5 Å². The SMILES string of the molecule is CCc1ccccc1NC(=O)COc1ccccc1-c1nnc(-c2ccccc2)o1. The largest absolute Gasteiger partial charge is 0.483 e. The van der Waals surface area contributed by atoms with Crippen molar-refractivity contribution in [3.8, 4) is 28.7 Å². The van der Waals surface area contributed by atoms with Crippen LogP contribution in [-0.2, 0) is 11.2 Å². The summed E-state index contributed by atoms with van der Waals surface area (Å²) in [6, 6.07) is 24.5. The summed E-state index contributed by atoms with van der Waals surface area (Å²) in [5.41, 5.74) is 3.34. The van der Waals surface area contributed by atoms with Gasteiger partial charge in [-0.2, -0.15) is 0 Å². The summed E-state index contributed by atoms with van der Waals surface area (Å²) in [6.07, 6.45) is 0.834. The molecular formula is C24H21N3O3. The normalized spacial score (nSPS) is 10.6. The molecule has 0 aliphatic carbocycles. The molecule has 6 nitrogen and oxygen atoms in total. The average Bonchev–Trinajstić information content (AvgIpc) is 3.29. The molecule has 0 atom stereocenters. The molecule has 4 aromatic rings. The molecular weight excluding hydrogens is 378 g/mol. The Labute approximate surface area is 174 Å². The van der Waals surface area contributed by atoms with Crippen LogP contribution in [0.15, 0.2) is 83.3 Å². The van der Waals surface area contributed by atoms with Crippen LogP contribution in [0.25, 0.3) is 22.9 Å². The van der Waals surface area contributed by atoms with Crippen LogP contribution in [0.4, 0.5) is 5.69 Å². The molecule has 0 bridgehead atoms. The van der Waals surface area contributed by atoms with E-state index >= 15 is 0 Å². The van der Waals surface area contributed by atoms with Crippen LogP contribution in [0.5, 0.6) is 5.75 Å². The number of aryl methyl sites for hydroxylation is 1. The van der Waals surface area contributed by atoms with Gasteiger partial charge in [0.25, 0.3) is 11.8 Å². The van der Waals surface area contributed by atoms with Gasteiger partial charge in [-0.05, 0) is 42.3 Å². The Balaban J connectivity index is 1.48. The van der Waals surface area contributed by atoms with Crippen molar-refractivity contribution in [2.45, 2.75) is 13.3 Å². The first kappa shape index (κ1) is 19.4. The lowest BCUT2D eigenvalue weighted by Gasteiger charge is -2.11. The van der Waals surface area contributed by atoms with Crippen molar-refractivity contribution >= 4 is 11.6 Å². The highest BCUT2D eigenvalue weighted by molar-refractivity contribution is 5.92. The zero-order valence-electron chi connectivity index (χ0n) is 16.5. The van der Waals surface area contributed by atoms with Crippen LogP contribution < -0.4 is 10.1 Å². The summed E-state index contributed by atoms with van der Waals surface area (Å²) >= 11 is 0. The molecule has 0 spiro atoms. The van der Waals surface area contributed by atoms with E-state index in [9.17, 15) is 4.79 Å². The van der Waals surface area contributed by atoms with Gasteiger partial charge in [0, 0.05) is 11.3 Å². The monoisotopic (exact) mass is 399 g/mol. The van der Waals surface area contributed by atoms with E-state index < -0.39 is 0 Å². The maximum atomic E-state index is 12.4. The van der Waals surface area contributed by atoms with Crippen LogP contribution in [0.2, 0.25) is 0 Å². The maximum Gasteiger partial charge on any atom is 0.262 e. The first-order valence-electron chi connectivity index (χ1n) is 9.73. The van der Waals surface area contributed by atoms with E-state index in [4.69, 9.17) is 9.15 Å². The number of hydrogen-bond donors (Lipinski definition) is 1. The van der Waals surface area contributed by atoms with Crippen molar-refractivity contribution < 1.29 is 13.9 Å². The Morgan fingerprint density at radius 2 is 1.60 bits per heavy atom. The third kappa shape index (κ3) is 4.38. The Morgan fingerprint density at radius 3 is 2.43 bits per heavy atom. The van der Waals surface area contributed by atoms with Crippen molar-refractivity contribution in [1.29, 1.82) is 0 Å². The summed E-state index contributed by atoms with van der Waals surface area (Å²) in [6.45, 7) is 1.92. The number of hydrogen-bond acceptors (Lipinski definition) is 5. The molecule has 0 radical (unpaired) electrons. The fourth-order valence-electron chi connectivity index (χ4n) is 3.08. The minimum absolute atomic E-state index is 0.130. The summed E-state index contributed by atoms with van der Waals surface area (Å²) in [7, 11) is 0. The number of ether oxygens (including phenoxy) is 1. The number of amides is 1. The minimum Gasteiger partial charge on any atom is -0.483 e. The van der Waals surface area contributed by atoms with Crippen LogP contribution in [0, 0.1) is 0 Å². The maximum absolute atomic E-state index is 12.4. The number of rotatable bonds is 7. The fourth-order valence-corrected chi connectivity index (χ4v) is 3.08. The lowest BCUT2D eigenvalue weighted by Crippen LogP contribution is -2.21. The molecule has 1 amide bonds. The van der Waals surface area contributed by atoms with Crippen LogP contribution in [0.1, 0.15) is 12.5 Å². The molecule has 0 saturated carbocycles. The Morgan fingerprint density at radius 1 is 0.900 bits per heavy atom. The highest BCUT2D eigenvalue weighted by Gasteiger charge is 2.15. The first-order valence-corrected chi connectivity index (χ1v) is 9.73. The second-order valence-electron chi connectivity index (χ2n) is 6.62. The number of carbonyl (C=O) groups excluding carboxylic acids is 1. The highest BCUT2D eigenvalue weighted by Crippen LogP contribution is 2.31. The summed E-state index contributed by atoms with van der Waals surface area (Å²) in [4.78, 5) is 12.4.